The van der Waals surface area contributed by atoms with Crippen molar-refractivity contribution in [2.24, 2.45) is 0 Å². The Kier molecular flexibility index (Phi) is 5.70. The van der Waals surface area contributed by atoms with Gasteiger partial charge in [-0.1, -0.05) is 11.6 Å². The van der Waals surface area contributed by atoms with Gasteiger partial charge in [0.05, 0.1) is 26.4 Å². The summed E-state index contributed by atoms with van der Waals surface area (Å²) in [5, 5.41) is 10.6. The van der Waals surface area contributed by atoms with Gasteiger partial charge < -0.3 is 19.3 Å². The van der Waals surface area contributed by atoms with Gasteiger partial charge >= 0.3 is 0 Å². The normalized spacial score (nSPS) is 22.5. The van der Waals surface area contributed by atoms with Crippen LogP contribution in [0.5, 0.6) is 11.5 Å². The first kappa shape index (κ1) is 16.4. The third kappa shape index (κ3) is 3.80. The van der Waals surface area contributed by atoms with Crippen LogP contribution >= 0.6 is 11.6 Å². The summed E-state index contributed by atoms with van der Waals surface area (Å²) in [5.41, 5.74) is 0.936. The number of hydrogen-bond donors (Lipinski definition) is 1. The van der Waals surface area contributed by atoms with Crippen molar-refractivity contribution in [3.05, 3.63) is 22.7 Å². The number of aliphatic hydroxyl groups is 1. The fourth-order valence-corrected chi connectivity index (χ4v) is 2.93. The van der Waals surface area contributed by atoms with Gasteiger partial charge in [0.25, 0.3) is 0 Å². The summed E-state index contributed by atoms with van der Waals surface area (Å²) >= 11 is 6.12. The third-order valence-electron chi connectivity index (χ3n) is 3.61. The molecule has 2 atom stereocenters. The van der Waals surface area contributed by atoms with Gasteiger partial charge in [-0.05, 0) is 13.0 Å². The van der Waals surface area contributed by atoms with Crippen LogP contribution in [0.2, 0.25) is 5.02 Å². The smallest absolute Gasteiger partial charge is 0.165 e. The zero-order chi connectivity index (χ0) is 15.4. The van der Waals surface area contributed by atoms with Crippen LogP contribution in [0.4, 0.5) is 0 Å². The molecule has 0 saturated carbocycles. The summed E-state index contributed by atoms with van der Waals surface area (Å²) < 4.78 is 16.3. The molecule has 1 aliphatic rings. The summed E-state index contributed by atoms with van der Waals surface area (Å²) in [5.74, 6) is 1.29. The Labute approximate surface area is 130 Å². The van der Waals surface area contributed by atoms with Gasteiger partial charge in [-0.25, -0.2) is 0 Å². The minimum absolute atomic E-state index is 0.137. The topological polar surface area (TPSA) is 51.2 Å². The largest absolute Gasteiger partial charge is 0.493 e. The number of aliphatic hydroxyl groups excluding tert-OH is 1. The average Bonchev–Trinajstić information content (AvgIpc) is 2.78. The highest BCUT2D eigenvalue weighted by Gasteiger charge is 2.32. The molecule has 1 heterocycles. The minimum atomic E-state index is -0.461. The number of benzene rings is 1. The molecule has 1 fully saturated rings. The molecule has 0 aromatic heterocycles. The molecule has 2 rings (SSSR count). The van der Waals surface area contributed by atoms with Crippen molar-refractivity contribution in [1.29, 1.82) is 0 Å². The van der Waals surface area contributed by atoms with Crippen molar-refractivity contribution >= 4 is 11.6 Å². The van der Waals surface area contributed by atoms with E-state index in [1.165, 1.54) is 0 Å². The Hall–Kier alpha value is -1.01. The Bertz CT molecular complexity index is 483. The first-order chi connectivity index (χ1) is 10.1. The Morgan fingerprint density at radius 2 is 2.05 bits per heavy atom. The van der Waals surface area contributed by atoms with E-state index in [-0.39, 0.29) is 6.10 Å². The number of halogens is 1. The fourth-order valence-electron chi connectivity index (χ4n) is 2.70. The molecule has 5 nitrogen and oxygen atoms in total. The molecule has 0 radical (unpaired) electrons. The quantitative estimate of drug-likeness (QED) is 0.869. The minimum Gasteiger partial charge on any atom is -0.493 e. The molecule has 0 spiro atoms. The number of β-amino-alcohol motifs (C(OH)–C–C–N with tert-alkyl or cyclic N) is 1. The summed E-state index contributed by atoms with van der Waals surface area (Å²) in [4.78, 5) is 2.12. The fraction of sp³-hybridized carbons (Fsp3) is 0.600. The lowest BCUT2D eigenvalue weighted by Gasteiger charge is -2.19. The molecule has 6 heteroatoms. The van der Waals surface area contributed by atoms with E-state index in [9.17, 15) is 5.11 Å². The van der Waals surface area contributed by atoms with Gasteiger partial charge in [-0.15, -0.1) is 0 Å². The molecular formula is C15H22ClNO4. The molecule has 1 aliphatic heterocycles. The lowest BCUT2D eigenvalue weighted by Crippen LogP contribution is -2.26. The zero-order valence-corrected chi connectivity index (χ0v) is 13.4. The van der Waals surface area contributed by atoms with E-state index >= 15 is 0 Å². The molecule has 0 unspecified atom stereocenters. The summed E-state index contributed by atoms with van der Waals surface area (Å²) in [7, 11) is 3.19. The number of ether oxygens (including phenoxy) is 3. The Morgan fingerprint density at radius 1 is 1.29 bits per heavy atom. The van der Waals surface area contributed by atoms with E-state index in [2.05, 4.69) is 4.90 Å². The first-order valence-corrected chi connectivity index (χ1v) is 7.39. The van der Waals surface area contributed by atoms with E-state index in [0.29, 0.717) is 42.8 Å². The first-order valence-electron chi connectivity index (χ1n) is 7.01. The van der Waals surface area contributed by atoms with Crippen LogP contribution in [-0.2, 0) is 11.3 Å². The van der Waals surface area contributed by atoms with E-state index in [0.717, 1.165) is 5.56 Å². The van der Waals surface area contributed by atoms with Crippen LogP contribution in [0.25, 0.3) is 0 Å². The molecule has 21 heavy (non-hydrogen) atoms. The van der Waals surface area contributed by atoms with E-state index < -0.39 is 6.10 Å². The molecular weight excluding hydrogens is 294 g/mol. The summed E-state index contributed by atoms with van der Waals surface area (Å²) in [6.07, 6.45) is -0.598. The molecule has 1 N–H and O–H groups in total. The van der Waals surface area contributed by atoms with Crippen LogP contribution in [0, 0.1) is 0 Å². The van der Waals surface area contributed by atoms with E-state index in [4.69, 9.17) is 25.8 Å². The molecule has 1 aromatic rings. The Balaban J connectivity index is 2.15. The van der Waals surface area contributed by atoms with Crippen molar-refractivity contribution in [1.82, 2.24) is 4.90 Å². The van der Waals surface area contributed by atoms with Crippen LogP contribution in [0.1, 0.15) is 12.5 Å². The maximum atomic E-state index is 10.0. The van der Waals surface area contributed by atoms with Crippen molar-refractivity contribution in [3.63, 3.8) is 0 Å². The predicted molar refractivity (Wildman–Crippen MR) is 81.3 cm³/mol. The van der Waals surface area contributed by atoms with Crippen LogP contribution in [-0.4, -0.2) is 56.1 Å². The van der Waals surface area contributed by atoms with Gasteiger partial charge in [-0.3, -0.25) is 4.90 Å². The second-order valence-electron chi connectivity index (χ2n) is 5.06. The monoisotopic (exact) mass is 315 g/mol. The number of rotatable bonds is 6. The highest BCUT2D eigenvalue weighted by Crippen LogP contribution is 2.35. The number of nitrogens with zero attached hydrogens (tertiary/aromatic N) is 1. The van der Waals surface area contributed by atoms with E-state index in [1.807, 2.05) is 13.0 Å². The molecule has 1 aromatic carbocycles. The lowest BCUT2D eigenvalue weighted by molar-refractivity contribution is -0.00245. The van der Waals surface area contributed by atoms with Gasteiger partial charge in [0.1, 0.15) is 0 Å². The lowest BCUT2D eigenvalue weighted by atomic mass is 10.1. The maximum absolute atomic E-state index is 10.0. The second-order valence-corrected chi connectivity index (χ2v) is 5.49. The zero-order valence-electron chi connectivity index (χ0n) is 12.6. The number of hydrogen-bond acceptors (Lipinski definition) is 5. The highest BCUT2D eigenvalue weighted by molar-refractivity contribution is 6.30. The van der Waals surface area contributed by atoms with Crippen LogP contribution in [0.15, 0.2) is 12.1 Å². The van der Waals surface area contributed by atoms with Gasteiger partial charge in [0, 0.05) is 42.9 Å². The molecule has 1 saturated heterocycles. The van der Waals surface area contributed by atoms with Crippen LogP contribution < -0.4 is 9.47 Å². The van der Waals surface area contributed by atoms with Gasteiger partial charge in [0.2, 0.25) is 0 Å². The van der Waals surface area contributed by atoms with Gasteiger partial charge in [-0.2, -0.15) is 0 Å². The van der Waals surface area contributed by atoms with Crippen LogP contribution in [0.3, 0.4) is 0 Å². The Morgan fingerprint density at radius 3 is 2.67 bits per heavy atom. The summed E-state index contributed by atoms with van der Waals surface area (Å²) in [6.45, 7) is 4.42. The standard InChI is InChI=1S/C15H22ClNO4/c1-4-21-14-9-17(8-12(14)18)7-10-5-11(16)6-13(19-2)15(10)20-3/h5-6,12,14,18H,4,7-9H2,1-3H3/t12-,14-/m1/s1. The number of likely N-dealkylation sites (tertiary alicyclic amines) is 1. The summed E-state index contributed by atoms with van der Waals surface area (Å²) in [6, 6.07) is 3.59. The molecule has 0 aliphatic carbocycles. The second kappa shape index (κ2) is 7.31. The number of methoxy groups -OCH3 is 2. The molecule has 118 valence electrons. The molecule has 0 amide bonds. The van der Waals surface area contributed by atoms with Crippen molar-refractivity contribution in [3.8, 4) is 11.5 Å². The van der Waals surface area contributed by atoms with E-state index in [1.54, 1.807) is 20.3 Å². The highest BCUT2D eigenvalue weighted by atomic mass is 35.5. The SMILES string of the molecule is CCO[C@@H]1CN(Cc2cc(Cl)cc(OC)c2OC)C[C@H]1O. The molecule has 0 bridgehead atoms. The van der Waals surface area contributed by atoms with Crippen molar-refractivity contribution < 1.29 is 19.3 Å². The van der Waals surface area contributed by atoms with Crippen molar-refractivity contribution in [2.75, 3.05) is 33.9 Å². The maximum Gasteiger partial charge on any atom is 0.165 e. The predicted octanol–water partition coefficient (Wildman–Crippen LogP) is 1.94. The van der Waals surface area contributed by atoms with Crippen molar-refractivity contribution in [2.45, 2.75) is 25.7 Å². The third-order valence-corrected chi connectivity index (χ3v) is 3.83. The van der Waals surface area contributed by atoms with Gasteiger partial charge in [0.15, 0.2) is 11.5 Å². The average molecular weight is 316 g/mol.